The SMILES string of the molecule is C[C@H]1CC(F)(F)c2c1c(C(F)(F)F)nn2CC(=O)N[C@@H](Cc1cc(F)cc(P)c1)c1nc(C#CC(O)C2CNC2)ccc1-c1ccc(Cl)c2c(NS(C)(=O)=O)nn(C)c12. The Hall–Kier alpha value is -4.73. The summed E-state index contributed by atoms with van der Waals surface area (Å²) in [7, 11) is 0.0800. The number of carbonyl (C=O) groups is 1. The average Bonchev–Trinajstić information content (AvgIpc) is 3.71. The van der Waals surface area contributed by atoms with Crippen LogP contribution in [-0.2, 0) is 46.9 Å². The van der Waals surface area contributed by atoms with Crippen LogP contribution in [0, 0.1) is 23.6 Å². The molecule has 1 amide bonds. The van der Waals surface area contributed by atoms with E-state index in [-0.39, 0.29) is 40.0 Å². The normalized spacial score (nSPS) is 17.5. The van der Waals surface area contributed by atoms with Crippen molar-refractivity contribution in [3.05, 3.63) is 87.2 Å². The zero-order chi connectivity index (χ0) is 42.8. The highest BCUT2D eigenvalue weighted by Crippen LogP contribution is 2.52. The van der Waals surface area contributed by atoms with Crippen molar-refractivity contribution in [1.82, 2.24) is 35.2 Å². The number of rotatable bonds is 10. The van der Waals surface area contributed by atoms with E-state index < -0.39 is 81.8 Å². The van der Waals surface area contributed by atoms with Gasteiger partial charge in [0, 0.05) is 49.2 Å². The smallest absolute Gasteiger partial charge is 0.380 e. The van der Waals surface area contributed by atoms with Crippen LogP contribution < -0.4 is 20.7 Å². The Morgan fingerprint density at radius 1 is 1.15 bits per heavy atom. The average molecular weight is 881 g/mol. The van der Waals surface area contributed by atoms with Crippen LogP contribution in [-0.4, -0.2) is 69.4 Å². The summed E-state index contributed by atoms with van der Waals surface area (Å²) in [6.45, 7) is 1.29. The second-order valence-electron chi connectivity index (χ2n) is 14.7. The molecule has 0 radical (unpaired) electrons. The van der Waals surface area contributed by atoms with Crippen molar-refractivity contribution in [2.75, 3.05) is 24.1 Å². The number of nitrogens with one attached hydrogen (secondary N) is 3. The Kier molecular flexibility index (Phi) is 11.3. The molecule has 21 heteroatoms. The van der Waals surface area contributed by atoms with Gasteiger partial charge in [-0.2, -0.15) is 32.1 Å². The van der Waals surface area contributed by atoms with E-state index in [1.165, 1.54) is 29.8 Å². The molecule has 1 aliphatic carbocycles. The van der Waals surface area contributed by atoms with Crippen molar-refractivity contribution in [2.24, 2.45) is 13.0 Å². The lowest BCUT2D eigenvalue weighted by atomic mass is 9.93. The second kappa shape index (κ2) is 15.7. The van der Waals surface area contributed by atoms with Gasteiger partial charge in [0.2, 0.25) is 15.9 Å². The first-order valence-corrected chi connectivity index (χ1v) is 20.9. The molecule has 4 heterocycles. The van der Waals surface area contributed by atoms with Crippen LogP contribution in [0.3, 0.4) is 0 Å². The summed E-state index contributed by atoms with van der Waals surface area (Å²) in [6, 6.07) is 9.07. The van der Waals surface area contributed by atoms with Gasteiger partial charge < -0.3 is 15.7 Å². The maximum absolute atomic E-state index is 15.3. The zero-order valence-electron chi connectivity index (χ0n) is 31.4. The van der Waals surface area contributed by atoms with Crippen molar-refractivity contribution in [3.8, 4) is 23.0 Å². The monoisotopic (exact) mass is 880 g/mol. The summed E-state index contributed by atoms with van der Waals surface area (Å²) in [4.78, 5) is 18.8. The highest BCUT2D eigenvalue weighted by molar-refractivity contribution is 7.92. The van der Waals surface area contributed by atoms with Crippen LogP contribution in [0.4, 0.5) is 32.2 Å². The number of aromatic nitrogens is 5. The number of anilines is 1. The molecular weight excluding hydrogens is 845 g/mol. The van der Waals surface area contributed by atoms with E-state index in [1.54, 1.807) is 31.3 Å². The van der Waals surface area contributed by atoms with Crippen molar-refractivity contribution >= 4 is 58.8 Å². The molecule has 2 aliphatic rings. The summed E-state index contributed by atoms with van der Waals surface area (Å²) >= 11 is 6.61. The second-order valence-corrected chi connectivity index (χ2v) is 17.5. The topological polar surface area (TPSA) is 156 Å². The lowest BCUT2D eigenvalue weighted by Crippen LogP contribution is -2.48. The summed E-state index contributed by atoms with van der Waals surface area (Å²) in [5.41, 5.74) is -1.62. The quantitative estimate of drug-likeness (QED) is 0.0854. The molecule has 2 aromatic carbocycles. The molecular formula is C38H36ClF6N8O4PS. The molecule has 4 atom stereocenters. The molecule has 4 N–H and O–H groups in total. The van der Waals surface area contributed by atoms with E-state index in [9.17, 15) is 35.9 Å². The minimum Gasteiger partial charge on any atom is -0.380 e. The first-order chi connectivity index (χ1) is 27.6. The molecule has 7 rings (SSSR count). The lowest BCUT2D eigenvalue weighted by Gasteiger charge is -2.28. The van der Waals surface area contributed by atoms with Gasteiger partial charge in [0.1, 0.15) is 29.9 Å². The van der Waals surface area contributed by atoms with Gasteiger partial charge in [0.15, 0.2) is 11.5 Å². The van der Waals surface area contributed by atoms with Crippen molar-refractivity contribution in [2.45, 2.75) is 56.5 Å². The van der Waals surface area contributed by atoms with Crippen molar-refractivity contribution in [3.63, 3.8) is 0 Å². The Labute approximate surface area is 341 Å². The molecule has 5 aromatic rings. The number of carbonyl (C=O) groups excluding carboxylic acids is 1. The molecule has 0 saturated carbocycles. The number of amides is 1. The van der Waals surface area contributed by atoms with E-state index in [2.05, 4.69) is 46.6 Å². The third kappa shape index (κ3) is 8.78. The third-order valence-electron chi connectivity index (χ3n) is 10.1. The van der Waals surface area contributed by atoms with E-state index in [0.29, 0.717) is 45.3 Å². The minimum atomic E-state index is -5.08. The highest BCUT2D eigenvalue weighted by Gasteiger charge is 2.53. The van der Waals surface area contributed by atoms with Gasteiger partial charge >= 0.3 is 6.18 Å². The number of halogens is 7. The summed E-state index contributed by atoms with van der Waals surface area (Å²) in [6.07, 6.45) is -6.23. The molecule has 0 spiro atoms. The Balaban J connectivity index is 1.39. The molecule has 3 aromatic heterocycles. The summed E-state index contributed by atoms with van der Waals surface area (Å²) in [5, 5.41) is 25.0. The lowest BCUT2D eigenvalue weighted by molar-refractivity contribution is -0.142. The molecule has 59 heavy (non-hydrogen) atoms. The number of aliphatic hydroxyl groups is 1. The maximum atomic E-state index is 15.3. The number of pyridine rings is 1. The number of alkyl halides is 5. The fourth-order valence-electron chi connectivity index (χ4n) is 7.54. The Morgan fingerprint density at radius 3 is 2.51 bits per heavy atom. The van der Waals surface area contributed by atoms with Gasteiger partial charge in [-0.05, 0) is 59.5 Å². The van der Waals surface area contributed by atoms with E-state index in [4.69, 9.17) is 16.6 Å². The van der Waals surface area contributed by atoms with Crippen molar-refractivity contribution < 1.29 is 44.7 Å². The number of aryl methyl sites for hydroxylation is 1. The van der Waals surface area contributed by atoms with Crippen LogP contribution in [0.2, 0.25) is 5.02 Å². The molecule has 0 bridgehead atoms. The molecule has 1 fully saturated rings. The first-order valence-electron chi connectivity index (χ1n) is 18.0. The molecule has 1 aliphatic heterocycles. The molecule has 12 nitrogen and oxygen atoms in total. The number of fused-ring (bicyclic) bond motifs is 2. The number of hydrogen-bond donors (Lipinski definition) is 4. The van der Waals surface area contributed by atoms with Crippen LogP contribution in [0.25, 0.3) is 22.0 Å². The van der Waals surface area contributed by atoms with Gasteiger partial charge in [0.25, 0.3) is 5.92 Å². The van der Waals surface area contributed by atoms with E-state index in [1.807, 2.05) is 0 Å². The molecule has 312 valence electrons. The number of sulfonamides is 1. The zero-order valence-corrected chi connectivity index (χ0v) is 34.2. The third-order valence-corrected chi connectivity index (χ3v) is 11.3. The molecule has 2 unspecified atom stereocenters. The fraction of sp³-hybridized carbons (Fsp3) is 0.368. The maximum Gasteiger partial charge on any atom is 0.435 e. The Bertz CT molecular complexity index is 2660. The van der Waals surface area contributed by atoms with Gasteiger partial charge in [-0.25, -0.2) is 17.8 Å². The number of nitrogens with zero attached hydrogens (tertiary/aromatic N) is 5. The largest absolute Gasteiger partial charge is 0.435 e. The van der Waals surface area contributed by atoms with Gasteiger partial charge in [-0.1, -0.05) is 36.6 Å². The van der Waals surface area contributed by atoms with Crippen LogP contribution in [0.5, 0.6) is 0 Å². The Morgan fingerprint density at radius 2 is 1.86 bits per heavy atom. The van der Waals surface area contributed by atoms with Crippen LogP contribution in [0.15, 0.2) is 42.5 Å². The van der Waals surface area contributed by atoms with Crippen LogP contribution in [0.1, 0.15) is 59.2 Å². The number of hydrogen-bond acceptors (Lipinski definition) is 8. The fourth-order valence-corrected chi connectivity index (χ4v) is 8.65. The van der Waals surface area contributed by atoms with Gasteiger partial charge in [0.05, 0.1) is 33.9 Å². The van der Waals surface area contributed by atoms with E-state index in [0.717, 1.165) is 6.26 Å². The molecule has 1 saturated heterocycles. The highest BCUT2D eigenvalue weighted by atomic mass is 35.5. The standard InChI is InChI=1S/C38H36ClF6N8O4PS/c1-18-14-37(41,42)35-30(18)34(38(43,44)45)49-53(35)17-29(55)48-27(12-19-10-21(40)13-23(58)11-19)32-24(6-4-22(47-32)5-9-28(54)20-15-46-16-20)25-7-8-26(39)31-33(25)52(2)50-36(31)51-59(3,56)57/h4,6-8,10-11,13,18,20,27-28,46,54H,12,14-17,58H2,1-3H3,(H,48,55)(H,50,51)/t18-,27-,28?/m0/s1. The summed E-state index contributed by atoms with van der Waals surface area (Å²) < 4.78 is 116. The number of benzene rings is 2. The predicted octanol–water partition coefficient (Wildman–Crippen LogP) is 5.15. The first kappa shape index (κ1) is 42.4. The predicted molar refractivity (Wildman–Crippen MR) is 211 cm³/mol. The van der Waals surface area contributed by atoms with E-state index >= 15 is 8.78 Å². The van der Waals surface area contributed by atoms with Crippen LogP contribution >= 0.6 is 20.8 Å². The van der Waals surface area contributed by atoms with Gasteiger partial charge in [-0.3, -0.25) is 18.9 Å². The summed E-state index contributed by atoms with van der Waals surface area (Å²) in [5.74, 6) is -1.12. The minimum absolute atomic E-state index is 0.0815. The van der Waals surface area contributed by atoms with Gasteiger partial charge in [-0.15, -0.1) is 9.24 Å². The van der Waals surface area contributed by atoms with Crippen molar-refractivity contribution in [1.29, 1.82) is 0 Å². The number of aliphatic hydroxyl groups excluding tert-OH is 1.